The molecular weight excluding hydrogens is 261 g/mol. The fraction of sp³-hybridized carbons (Fsp3) is 0.333. The van der Waals surface area contributed by atoms with E-state index in [1.807, 2.05) is 0 Å². The minimum atomic E-state index is -0.197. The van der Waals surface area contributed by atoms with Crippen molar-refractivity contribution in [3.63, 3.8) is 0 Å². The van der Waals surface area contributed by atoms with Crippen LogP contribution in [0.4, 0.5) is 4.39 Å². The minimum absolute atomic E-state index is 0.197. The Bertz CT molecular complexity index is 513. The zero-order valence-corrected chi connectivity index (χ0v) is 12.0. The Morgan fingerprint density at radius 1 is 1.37 bits per heavy atom. The van der Waals surface area contributed by atoms with Crippen LogP contribution in [0.1, 0.15) is 23.4 Å². The third-order valence-electron chi connectivity index (χ3n) is 2.92. The summed E-state index contributed by atoms with van der Waals surface area (Å²) in [6, 6.07) is 9.32. The van der Waals surface area contributed by atoms with Gasteiger partial charge in [0.2, 0.25) is 0 Å². The average Bonchev–Trinajstić information content (AvgIpc) is 2.92. The molecule has 0 aliphatic carbocycles. The Morgan fingerprint density at radius 3 is 2.89 bits per heavy atom. The zero-order valence-electron chi connectivity index (χ0n) is 11.2. The maximum Gasteiger partial charge on any atom is 0.126 e. The van der Waals surface area contributed by atoms with Gasteiger partial charge in [-0.1, -0.05) is 6.07 Å². The third-order valence-corrected chi connectivity index (χ3v) is 3.98. The Hall–Kier alpha value is -1.39. The van der Waals surface area contributed by atoms with Gasteiger partial charge >= 0.3 is 0 Å². The summed E-state index contributed by atoms with van der Waals surface area (Å²) in [5, 5.41) is 5.47. The highest BCUT2D eigenvalue weighted by atomic mass is 32.1. The molecule has 1 N–H and O–H groups in total. The van der Waals surface area contributed by atoms with E-state index in [1.165, 1.54) is 10.9 Å². The van der Waals surface area contributed by atoms with Crippen molar-refractivity contribution in [1.29, 1.82) is 0 Å². The maximum absolute atomic E-state index is 13.1. The van der Waals surface area contributed by atoms with Crippen molar-refractivity contribution < 1.29 is 9.13 Å². The molecule has 102 valence electrons. The van der Waals surface area contributed by atoms with Gasteiger partial charge in [0.05, 0.1) is 0 Å². The molecule has 19 heavy (non-hydrogen) atoms. The Kier molecular flexibility index (Phi) is 4.93. The maximum atomic E-state index is 13.1. The molecule has 2 nitrogen and oxygen atoms in total. The molecule has 0 aliphatic rings. The smallest absolute Gasteiger partial charge is 0.126 e. The molecule has 0 spiro atoms. The lowest BCUT2D eigenvalue weighted by Gasteiger charge is -2.13. The van der Waals surface area contributed by atoms with Gasteiger partial charge in [-0.05, 0) is 49.1 Å². The van der Waals surface area contributed by atoms with Gasteiger partial charge < -0.3 is 10.1 Å². The summed E-state index contributed by atoms with van der Waals surface area (Å²) in [5.41, 5.74) is 0.609. The van der Waals surface area contributed by atoms with Crippen molar-refractivity contribution in [2.45, 2.75) is 19.9 Å². The summed E-state index contributed by atoms with van der Waals surface area (Å²) in [7, 11) is 0. The SMILES string of the molecule is Cc1cc(OCCNC(C)c2cccs2)ccc1F. The van der Waals surface area contributed by atoms with E-state index in [9.17, 15) is 4.39 Å². The molecule has 2 aromatic rings. The summed E-state index contributed by atoms with van der Waals surface area (Å²) in [6.45, 7) is 5.20. The average molecular weight is 279 g/mol. The molecule has 0 aliphatic heterocycles. The van der Waals surface area contributed by atoms with Gasteiger partial charge in [-0.25, -0.2) is 4.39 Å². The molecule has 1 atom stereocenters. The largest absolute Gasteiger partial charge is 0.492 e. The molecule has 0 saturated heterocycles. The lowest BCUT2D eigenvalue weighted by Crippen LogP contribution is -2.23. The zero-order chi connectivity index (χ0) is 13.7. The number of benzene rings is 1. The molecule has 1 aromatic heterocycles. The van der Waals surface area contributed by atoms with Crippen molar-refractivity contribution in [1.82, 2.24) is 5.32 Å². The normalized spacial score (nSPS) is 12.4. The van der Waals surface area contributed by atoms with Crippen molar-refractivity contribution in [3.8, 4) is 5.75 Å². The highest BCUT2D eigenvalue weighted by Crippen LogP contribution is 2.18. The van der Waals surface area contributed by atoms with E-state index in [2.05, 4.69) is 29.8 Å². The number of ether oxygens (including phenoxy) is 1. The summed E-state index contributed by atoms with van der Waals surface area (Å²) in [6.07, 6.45) is 0. The van der Waals surface area contributed by atoms with Crippen LogP contribution < -0.4 is 10.1 Å². The van der Waals surface area contributed by atoms with Gasteiger partial charge in [-0.2, -0.15) is 0 Å². The van der Waals surface area contributed by atoms with Gasteiger partial charge in [0.25, 0.3) is 0 Å². The van der Waals surface area contributed by atoms with E-state index >= 15 is 0 Å². The van der Waals surface area contributed by atoms with Crippen LogP contribution in [0, 0.1) is 12.7 Å². The molecule has 2 rings (SSSR count). The van der Waals surface area contributed by atoms with Crippen LogP contribution in [0.2, 0.25) is 0 Å². The predicted octanol–water partition coefficient (Wildman–Crippen LogP) is 3.93. The van der Waals surface area contributed by atoms with E-state index in [1.54, 1.807) is 30.4 Å². The number of nitrogens with one attached hydrogen (secondary N) is 1. The van der Waals surface area contributed by atoms with Crippen molar-refractivity contribution in [2.24, 2.45) is 0 Å². The van der Waals surface area contributed by atoms with Crippen LogP contribution in [0.25, 0.3) is 0 Å². The lowest BCUT2D eigenvalue weighted by molar-refractivity contribution is 0.307. The van der Waals surface area contributed by atoms with E-state index in [0.29, 0.717) is 24.0 Å². The van der Waals surface area contributed by atoms with Gasteiger partial charge in [-0.3, -0.25) is 0 Å². The lowest BCUT2D eigenvalue weighted by atomic mass is 10.2. The van der Waals surface area contributed by atoms with E-state index < -0.39 is 0 Å². The number of thiophene rings is 1. The Labute approximate surface area is 117 Å². The predicted molar refractivity (Wildman–Crippen MR) is 77.4 cm³/mol. The fourth-order valence-electron chi connectivity index (χ4n) is 1.79. The molecule has 0 bridgehead atoms. The summed E-state index contributed by atoms with van der Waals surface area (Å²) in [5.74, 6) is 0.515. The van der Waals surface area contributed by atoms with Crippen molar-refractivity contribution >= 4 is 11.3 Å². The van der Waals surface area contributed by atoms with Gasteiger partial charge in [0.15, 0.2) is 0 Å². The number of hydrogen-bond acceptors (Lipinski definition) is 3. The van der Waals surface area contributed by atoms with Crippen LogP contribution in [0.15, 0.2) is 35.7 Å². The molecule has 0 saturated carbocycles. The molecule has 1 heterocycles. The number of aryl methyl sites for hydroxylation is 1. The number of hydrogen-bond donors (Lipinski definition) is 1. The second-order valence-corrected chi connectivity index (χ2v) is 5.43. The summed E-state index contributed by atoms with van der Waals surface area (Å²) >= 11 is 1.74. The third kappa shape index (κ3) is 4.04. The van der Waals surface area contributed by atoms with Crippen LogP contribution in [0.3, 0.4) is 0 Å². The van der Waals surface area contributed by atoms with Crippen LogP contribution in [0.5, 0.6) is 5.75 Å². The first-order valence-corrected chi connectivity index (χ1v) is 7.20. The van der Waals surface area contributed by atoms with E-state index in [-0.39, 0.29) is 5.82 Å². The van der Waals surface area contributed by atoms with Gasteiger partial charge in [0, 0.05) is 17.5 Å². The van der Waals surface area contributed by atoms with Gasteiger partial charge in [-0.15, -0.1) is 11.3 Å². The first-order valence-electron chi connectivity index (χ1n) is 6.32. The molecule has 1 aromatic carbocycles. The number of rotatable bonds is 6. The molecule has 0 radical (unpaired) electrons. The standard InChI is InChI=1S/C15H18FNOS/c1-11-10-13(5-6-14(11)16)18-8-7-17-12(2)15-4-3-9-19-15/h3-6,9-10,12,17H,7-8H2,1-2H3. The first-order chi connectivity index (χ1) is 9.16. The van der Waals surface area contributed by atoms with Crippen molar-refractivity contribution in [3.05, 3.63) is 52.0 Å². The summed E-state index contributed by atoms with van der Waals surface area (Å²) in [4.78, 5) is 1.32. The quantitative estimate of drug-likeness (QED) is 0.809. The molecule has 4 heteroatoms. The fourth-order valence-corrected chi connectivity index (χ4v) is 2.55. The summed E-state index contributed by atoms with van der Waals surface area (Å²) < 4.78 is 18.7. The second-order valence-electron chi connectivity index (χ2n) is 4.45. The topological polar surface area (TPSA) is 21.3 Å². The van der Waals surface area contributed by atoms with Crippen LogP contribution in [-0.4, -0.2) is 13.2 Å². The molecular formula is C15H18FNOS. The first kappa shape index (κ1) is 14.0. The molecule has 1 unspecified atom stereocenters. The Morgan fingerprint density at radius 2 is 2.21 bits per heavy atom. The minimum Gasteiger partial charge on any atom is -0.492 e. The highest BCUT2D eigenvalue weighted by Gasteiger charge is 2.05. The Balaban J connectivity index is 1.73. The highest BCUT2D eigenvalue weighted by molar-refractivity contribution is 7.10. The van der Waals surface area contributed by atoms with Crippen LogP contribution >= 0.6 is 11.3 Å². The molecule has 0 fully saturated rings. The number of halogens is 1. The van der Waals surface area contributed by atoms with Gasteiger partial charge in [0.1, 0.15) is 18.2 Å². The van der Waals surface area contributed by atoms with Crippen LogP contribution in [-0.2, 0) is 0 Å². The van der Waals surface area contributed by atoms with Crippen molar-refractivity contribution in [2.75, 3.05) is 13.2 Å². The monoisotopic (exact) mass is 279 g/mol. The van der Waals surface area contributed by atoms with E-state index in [4.69, 9.17) is 4.74 Å². The second kappa shape index (κ2) is 6.68. The van der Waals surface area contributed by atoms with E-state index in [0.717, 1.165) is 6.54 Å². The molecule has 0 amide bonds.